The number of nitrogens with one attached hydrogen (secondary N) is 1. The molecular weight excluding hydrogens is 360 g/mol. The van der Waals surface area contributed by atoms with Crippen LogP contribution in [0.1, 0.15) is 23.5 Å². The maximum absolute atomic E-state index is 5.73. The van der Waals surface area contributed by atoms with Crippen molar-refractivity contribution in [2.45, 2.75) is 12.1 Å². The van der Waals surface area contributed by atoms with Crippen molar-refractivity contribution in [3.63, 3.8) is 0 Å². The lowest BCUT2D eigenvalue weighted by Gasteiger charge is -2.28. The van der Waals surface area contributed by atoms with E-state index in [0.717, 1.165) is 28.6 Å². The van der Waals surface area contributed by atoms with Crippen molar-refractivity contribution in [1.82, 2.24) is 14.9 Å². The van der Waals surface area contributed by atoms with Gasteiger partial charge in [-0.2, -0.15) is 0 Å². The van der Waals surface area contributed by atoms with Gasteiger partial charge in [0.2, 0.25) is 6.79 Å². The summed E-state index contributed by atoms with van der Waals surface area (Å²) in [6.07, 6.45) is 3.86. The highest BCUT2D eigenvalue weighted by molar-refractivity contribution is 7.80. The molecule has 2 atom stereocenters. The van der Waals surface area contributed by atoms with Gasteiger partial charge < -0.3 is 24.3 Å². The first-order valence-corrected chi connectivity index (χ1v) is 9.15. The predicted molar refractivity (Wildman–Crippen MR) is 106 cm³/mol. The van der Waals surface area contributed by atoms with E-state index in [0.29, 0.717) is 5.11 Å². The molecule has 1 saturated heterocycles. The molecule has 0 aliphatic carbocycles. The SMILES string of the molecule is Cn1cccc1[C@H]1[C@@H](c2ccccn2)NC(=S)N1c1ccc2c(c1)OCO2. The second-order valence-electron chi connectivity index (χ2n) is 6.58. The molecule has 1 fully saturated rings. The Morgan fingerprint density at radius 1 is 1.11 bits per heavy atom. The van der Waals surface area contributed by atoms with E-state index in [1.165, 1.54) is 0 Å². The molecule has 0 saturated carbocycles. The third-order valence-electron chi connectivity index (χ3n) is 5.02. The summed E-state index contributed by atoms with van der Waals surface area (Å²) in [5.41, 5.74) is 3.06. The molecule has 2 aromatic heterocycles. The van der Waals surface area contributed by atoms with Crippen LogP contribution in [-0.4, -0.2) is 21.5 Å². The molecule has 0 radical (unpaired) electrons. The van der Waals surface area contributed by atoms with E-state index in [4.69, 9.17) is 21.7 Å². The summed E-state index contributed by atoms with van der Waals surface area (Å²) in [7, 11) is 2.05. The van der Waals surface area contributed by atoms with E-state index in [9.17, 15) is 0 Å². The van der Waals surface area contributed by atoms with Gasteiger partial charge in [0.1, 0.15) is 6.04 Å². The van der Waals surface area contributed by atoms with E-state index in [1.807, 2.05) is 61.9 Å². The Kier molecular flexibility index (Phi) is 3.75. The average molecular weight is 378 g/mol. The van der Waals surface area contributed by atoms with Crippen LogP contribution in [0.2, 0.25) is 0 Å². The third kappa shape index (κ3) is 2.62. The average Bonchev–Trinajstić information content (AvgIpc) is 3.40. The second kappa shape index (κ2) is 6.28. The zero-order chi connectivity index (χ0) is 18.4. The van der Waals surface area contributed by atoms with Crippen molar-refractivity contribution in [1.29, 1.82) is 0 Å². The summed E-state index contributed by atoms with van der Waals surface area (Å²) in [4.78, 5) is 6.70. The summed E-state index contributed by atoms with van der Waals surface area (Å²) in [5.74, 6) is 1.50. The number of nitrogens with zero attached hydrogens (tertiary/aromatic N) is 3. The van der Waals surface area contributed by atoms with Crippen molar-refractivity contribution in [2.75, 3.05) is 11.7 Å². The van der Waals surface area contributed by atoms with E-state index >= 15 is 0 Å². The minimum atomic E-state index is -0.0577. The lowest BCUT2D eigenvalue weighted by molar-refractivity contribution is 0.174. The Hall–Kier alpha value is -3.06. The number of hydrogen-bond donors (Lipinski definition) is 1. The van der Waals surface area contributed by atoms with Gasteiger partial charge in [-0.25, -0.2) is 0 Å². The normalized spacial score (nSPS) is 20.8. The number of thiocarbonyl (C=S) groups is 1. The summed E-state index contributed by atoms with van der Waals surface area (Å²) in [6.45, 7) is 0.249. The number of fused-ring (bicyclic) bond motifs is 1. The van der Waals surface area contributed by atoms with Crippen molar-refractivity contribution >= 4 is 23.0 Å². The molecule has 2 aliphatic rings. The van der Waals surface area contributed by atoms with Crippen molar-refractivity contribution in [3.8, 4) is 11.5 Å². The first-order chi connectivity index (χ1) is 13.2. The zero-order valence-electron chi connectivity index (χ0n) is 14.7. The van der Waals surface area contributed by atoms with E-state index in [-0.39, 0.29) is 18.9 Å². The lowest BCUT2D eigenvalue weighted by Crippen LogP contribution is -2.30. The van der Waals surface area contributed by atoms with Crippen LogP contribution in [0.15, 0.2) is 60.9 Å². The molecule has 6 nitrogen and oxygen atoms in total. The molecule has 7 heteroatoms. The topological polar surface area (TPSA) is 51.6 Å². The summed E-state index contributed by atoms with van der Waals surface area (Å²) in [6, 6.07) is 15.9. The molecule has 1 N–H and O–H groups in total. The minimum Gasteiger partial charge on any atom is -0.454 e. The van der Waals surface area contributed by atoms with Crippen LogP contribution >= 0.6 is 12.2 Å². The molecule has 0 bridgehead atoms. The lowest BCUT2D eigenvalue weighted by atomic mass is 10.0. The van der Waals surface area contributed by atoms with Gasteiger partial charge in [-0.1, -0.05) is 6.07 Å². The van der Waals surface area contributed by atoms with Crippen LogP contribution in [0, 0.1) is 0 Å². The Morgan fingerprint density at radius 2 is 2.00 bits per heavy atom. The fraction of sp³-hybridized carbons (Fsp3) is 0.200. The predicted octanol–water partition coefficient (Wildman–Crippen LogP) is 3.33. The van der Waals surface area contributed by atoms with Gasteiger partial charge in [-0.05, 0) is 48.6 Å². The highest BCUT2D eigenvalue weighted by Gasteiger charge is 2.42. The van der Waals surface area contributed by atoms with Crippen LogP contribution in [-0.2, 0) is 7.05 Å². The number of pyridine rings is 1. The molecule has 0 spiro atoms. The summed E-state index contributed by atoms with van der Waals surface area (Å²) >= 11 is 5.73. The Bertz CT molecular complexity index is 1000. The number of benzene rings is 1. The largest absolute Gasteiger partial charge is 0.454 e. The van der Waals surface area contributed by atoms with Crippen LogP contribution < -0.4 is 19.7 Å². The van der Waals surface area contributed by atoms with Gasteiger partial charge in [0.15, 0.2) is 16.6 Å². The number of ether oxygens (including phenoxy) is 2. The molecule has 27 heavy (non-hydrogen) atoms. The van der Waals surface area contributed by atoms with Gasteiger partial charge in [0.25, 0.3) is 0 Å². The molecule has 1 aromatic carbocycles. The highest BCUT2D eigenvalue weighted by Crippen LogP contribution is 2.44. The maximum Gasteiger partial charge on any atom is 0.231 e. The standard InChI is InChI=1S/C20H18N4O2S/c1-23-10-4-6-15(23)19-18(14-5-2-3-9-21-14)22-20(27)24(19)13-7-8-16-17(11-13)26-12-25-16/h2-11,18-19H,12H2,1H3,(H,22,27)/t18-,19+/m1/s1. The van der Waals surface area contributed by atoms with Crippen molar-refractivity contribution in [2.24, 2.45) is 7.05 Å². The molecular formula is C20H18N4O2S. The third-order valence-corrected chi connectivity index (χ3v) is 5.33. The Balaban J connectivity index is 1.63. The van der Waals surface area contributed by atoms with Gasteiger partial charge in [0, 0.05) is 36.9 Å². The van der Waals surface area contributed by atoms with Crippen molar-refractivity contribution < 1.29 is 9.47 Å². The number of aromatic nitrogens is 2. The fourth-order valence-electron chi connectivity index (χ4n) is 3.75. The van der Waals surface area contributed by atoms with Gasteiger partial charge in [0.05, 0.1) is 11.7 Å². The Morgan fingerprint density at radius 3 is 2.78 bits per heavy atom. The molecule has 2 aliphatic heterocycles. The smallest absolute Gasteiger partial charge is 0.231 e. The monoisotopic (exact) mass is 378 g/mol. The number of aryl methyl sites for hydroxylation is 1. The van der Waals surface area contributed by atoms with E-state index < -0.39 is 0 Å². The summed E-state index contributed by atoms with van der Waals surface area (Å²) in [5, 5.41) is 4.12. The fourth-order valence-corrected chi connectivity index (χ4v) is 4.10. The maximum atomic E-state index is 5.73. The van der Waals surface area contributed by atoms with E-state index in [1.54, 1.807) is 0 Å². The molecule has 3 aromatic rings. The first-order valence-electron chi connectivity index (χ1n) is 8.74. The van der Waals surface area contributed by atoms with Crippen molar-refractivity contribution in [3.05, 3.63) is 72.3 Å². The molecule has 0 unspecified atom stereocenters. The number of rotatable bonds is 3. The zero-order valence-corrected chi connectivity index (χ0v) is 15.5. The molecule has 5 rings (SSSR count). The summed E-state index contributed by atoms with van der Waals surface area (Å²) < 4.78 is 13.1. The minimum absolute atomic E-state index is 0.0345. The van der Waals surface area contributed by atoms with Gasteiger partial charge in [-0.3, -0.25) is 4.98 Å². The number of anilines is 1. The molecule has 4 heterocycles. The van der Waals surface area contributed by atoms with Crippen LogP contribution in [0.25, 0.3) is 0 Å². The van der Waals surface area contributed by atoms with Crippen LogP contribution in [0.4, 0.5) is 5.69 Å². The number of hydrogen-bond acceptors (Lipinski definition) is 4. The van der Waals surface area contributed by atoms with Crippen LogP contribution in [0.5, 0.6) is 11.5 Å². The van der Waals surface area contributed by atoms with Crippen LogP contribution in [0.3, 0.4) is 0 Å². The van der Waals surface area contributed by atoms with E-state index in [2.05, 4.69) is 25.8 Å². The van der Waals surface area contributed by atoms with Gasteiger partial charge >= 0.3 is 0 Å². The highest BCUT2D eigenvalue weighted by atomic mass is 32.1. The quantitative estimate of drug-likeness (QED) is 0.706. The second-order valence-corrected chi connectivity index (χ2v) is 6.96. The first kappa shape index (κ1) is 16.1. The molecule has 136 valence electrons. The molecule has 0 amide bonds. The van der Waals surface area contributed by atoms with Gasteiger partial charge in [-0.15, -0.1) is 0 Å². The Labute approximate surface area is 162 Å².